The predicted molar refractivity (Wildman–Crippen MR) is 117 cm³/mol. The molecule has 1 saturated heterocycles. The number of aryl methyl sites for hydroxylation is 1. The number of ether oxygens (including phenoxy) is 2. The van der Waals surface area contributed by atoms with E-state index in [0.717, 1.165) is 17.9 Å². The van der Waals surface area contributed by atoms with E-state index in [1.807, 2.05) is 36.4 Å². The van der Waals surface area contributed by atoms with Gasteiger partial charge in [0.05, 0.1) is 13.0 Å². The highest BCUT2D eigenvalue weighted by molar-refractivity contribution is 5.96. The quantitative estimate of drug-likeness (QED) is 0.578. The van der Waals surface area contributed by atoms with Crippen LogP contribution in [0.5, 0.6) is 11.5 Å². The molecule has 0 bridgehead atoms. The summed E-state index contributed by atoms with van der Waals surface area (Å²) < 4.78 is 16.2. The van der Waals surface area contributed by atoms with Gasteiger partial charge in [0.2, 0.25) is 11.8 Å². The van der Waals surface area contributed by atoms with Crippen molar-refractivity contribution in [3.63, 3.8) is 0 Å². The molecule has 2 aromatic carbocycles. The lowest BCUT2D eigenvalue weighted by molar-refractivity contribution is -0.118. The number of nitrogens with one attached hydrogen (secondary N) is 1. The van der Waals surface area contributed by atoms with Crippen LogP contribution in [-0.4, -0.2) is 42.3 Å². The minimum atomic E-state index is -0.415. The van der Waals surface area contributed by atoms with Crippen LogP contribution in [0.2, 0.25) is 0 Å². The van der Waals surface area contributed by atoms with Crippen molar-refractivity contribution in [2.75, 3.05) is 30.5 Å². The molecule has 1 aliphatic rings. The maximum atomic E-state index is 12.5. The molecule has 0 radical (unpaired) electrons. The molecule has 1 fully saturated rings. The second kappa shape index (κ2) is 9.51. The van der Waals surface area contributed by atoms with E-state index >= 15 is 0 Å². The maximum absolute atomic E-state index is 12.5. The standard InChI is InChI=1S/C23H24N4O5/c1-3-15-4-8-19(9-5-15)31-14-20(28)24-23-26-25-22(32-23)16-12-21(29)27(13-16)17-6-10-18(30-2)11-7-17/h4-11,16H,3,12-14H2,1-2H3,(H,24,26,28)/t16-/m0/s1. The fourth-order valence-electron chi connectivity index (χ4n) is 3.46. The van der Waals surface area contributed by atoms with E-state index in [0.29, 0.717) is 18.2 Å². The highest BCUT2D eigenvalue weighted by atomic mass is 16.5. The number of anilines is 2. The van der Waals surface area contributed by atoms with Crippen molar-refractivity contribution in [1.29, 1.82) is 0 Å². The van der Waals surface area contributed by atoms with Crippen molar-refractivity contribution < 1.29 is 23.5 Å². The Morgan fingerprint density at radius 1 is 1.12 bits per heavy atom. The van der Waals surface area contributed by atoms with Crippen molar-refractivity contribution in [3.05, 3.63) is 60.0 Å². The van der Waals surface area contributed by atoms with E-state index in [1.54, 1.807) is 24.1 Å². The summed E-state index contributed by atoms with van der Waals surface area (Å²) in [5.41, 5.74) is 1.96. The van der Waals surface area contributed by atoms with Gasteiger partial charge in [0.1, 0.15) is 11.5 Å². The molecule has 2 heterocycles. The fourth-order valence-corrected chi connectivity index (χ4v) is 3.46. The van der Waals surface area contributed by atoms with Crippen LogP contribution < -0.4 is 19.7 Å². The first kappa shape index (κ1) is 21.4. The first-order valence-corrected chi connectivity index (χ1v) is 10.3. The van der Waals surface area contributed by atoms with Gasteiger partial charge in [-0.05, 0) is 48.4 Å². The summed E-state index contributed by atoms with van der Waals surface area (Å²) in [5.74, 6) is 0.924. The first-order chi connectivity index (χ1) is 15.6. The molecule has 1 aromatic heterocycles. The Labute approximate surface area is 185 Å². The van der Waals surface area contributed by atoms with Crippen LogP contribution in [0.1, 0.15) is 30.7 Å². The van der Waals surface area contributed by atoms with Crippen LogP contribution in [0.25, 0.3) is 0 Å². The van der Waals surface area contributed by atoms with Crippen LogP contribution in [0.4, 0.5) is 11.7 Å². The molecule has 0 saturated carbocycles. The largest absolute Gasteiger partial charge is 0.497 e. The molecule has 166 valence electrons. The molecule has 2 amide bonds. The number of carbonyl (C=O) groups excluding carboxylic acids is 2. The monoisotopic (exact) mass is 436 g/mol. The van der Waals surface area contributed by atoms with Gasteiger partial charge >= 0.3 is 6.01 Å². The molecular weight excluding hydrogens is 412 g/mol. The van der Waals surface area contributed by atoms with Crippen LogP contribution in [0.3, 0.4) is 0 Å². The molecule has 0 aliphatic carbocycles. The van der Waals surface area contributed by atoms with E-state index in [4.69, 9.17) is 13.9 Å². The third-order valence-electron chi connectivity index (χ3n) is 5.25. The lowest BCUT2D eigenvalue weighted by Gasteiger charge is -2.16. The van der Waals surface area contributed by atoms with Gasteiger partial charge in [-0.15, -0.1) is 5.10 Å². The number of aromatic nitrogens is 2. The molecule has 0 unspecified atom stereocenters. The second-order valence-corrected chi connectivity index (χ2v) is 7.38. The average molecular weight is 436 g/mol. The van der Waals surface area contributed by atoms with Gasteiger partial charge in [-0.25, -0.2) is 0 Å². The Balaban J connectivity index is 1.31. The van der Waals surface area contributed by atoms with Gasteiger partial charge in [-0.3, -0.25) is 14.9 Å². The van der Waals surface area contributed by atoms with Gasteiger partial charge in [0.25, 0.3) is 5.91 Å². The Morgan fingerprint density at radius 2 is 1.84 bits per heavy atom. The molecular formula is C23H24N4O5. The predicted octanol–water partition coefficient (Wildman–Crippen LogP) is 3.18. The molecule has 1 aliphatic heterocycles. The van der Waals surface area contributed by atoms with Gasteiger partial charge in [0.15, 0.2) is 6.61 Å². The van der Waals surface area contributed by atoms with Crippen LogP contribution in [0.15, 0.2) is 52.9 Å². The average Bonchev–Trinajstić information content (AvgIpc) is 3.44. The van der Waals surface area contributed by atoms with E-state index in [1.165, 1.54) is 5.56 Å². The molecule has 9 nitrogen and oxygen atoms in total. The Hall–Kier alpha value is -3.88. The maximum Gasteiger partial charge on any atom is 0.322 e. The Morgan fingerprint density at radius 3 is 2.53 bits per heavy atom. The molecule has 1 N–H and O–H groups in total. The van der Waals surface area contributed by atoms with Crippen molar-refractivity contribution in [2.45, 2.75) is 25.7 Å². The van der Waals surface area contributed by atoms with E-state index in [2.05, 4.69) is 22.4 Å². The van der Waals surface area contributed by atoms with E-state index in [9.17, 15) is 9.59 Å². The summed E-state index contributed by atoms with van der Waals surface area (Å²) in [4.78, 5) is 26.3. The summed E-state index contributed by atoms with van der Waals surface area (Å²) in [6, 6.07) is 14.8. The smallest absolute Gasteiger partial charge is 0.322 e. The lowest BCUT2D eigenvalue weighted by atomic mass is 10.1. The molecule has 32 heavy (non-hydrogen) atoms. The normalized spacial score (nSPS) is 15.6. The Kier molecular flexibility index (Phi) is 6.34. The van der Waals surface area contributed by atoms with Gasteiger partial charge in [0, 0.05) is 18.7 Å². The van der Waals surface area contributed by atoms with Crippen LogP contribution in [0, 0.1) is 0 Å². The van der Waals surface area contributed by atoms with Gasteiger partial charge < -0.3 is 18.8 Å². The van der Waals surface area contributed by atoms with Gasteiger partial charge in [-0.2, -0.15) is 0 Å². The van der Waals surface area contributed by atoms with Crippen molar-refractivity contribution in [2.24, 2.45) is 0 Å². The second-order valence-electron chi connectivity index (χ2n) is 7.38. The van der Waals surface area contributed by atoms with Crippen molar-refractivity contribution in [1.82, 2.24) is 10.2 Å². The number of hydrogen-bond donors (Lipinski definition) is 1. The van der Waals surface area contributed by atoms with Crippen molar-refractivity contribution in [3.8, 4) is 11.5 Å². The zero-order chi connectivity index (χ0) is 22.5. The lowest BCUT2D eigenvalue weighted by Crippen LogP contribution is -2.24. The molecule has 3 aromatic rings. The van der Waals surface area contributed by atoms with Crippen LogP contribution >= 0.6 is 0 Å². The number of hydrogen-bond acceptors (Lipinski definition) is 7. The number of rotatable bonds is 8. The number of nitrogens with zero attached hydrogens (tertiary/aromatic N) is 3. The fraction of sp³-hybridized carbons (Fsp3) is 0.304. The highest BCUT2D eigenvalue weighted by Gasteiger charge is 2.35. The van der Waals surface area contributed by atoms with E-state index < -0.39 is 5.91 Å². The van der Waals surface area contributed by atoms with Crippen molar-refractivity contribution >= 4 is 23.5 Å². The zero-order valence-corrected chi connectivity index (χ0v) is 17.9. The summed E-state index contributed by atoms with van der Waals surface area (Å²) >= 11 is 0. The summed E-state index contributed by atoms with van der Waals surface area (Å²) in [6.07, 6.45) is 1.18. The number of methoxy groups -OCH3 is 1. The zero-order valence-electron chi connectivity index (χ0n) is 17.9. The minimum absolute atomic E-state index is 0.0229. The first-order valence-electron chi connectivity index (χ1n) is 10.3. The summed E-state index contributed by atoms with van der Waals surface area (Å²) in [7, 11) is 1.59. The number of benzene rings is 2. The number of carbonyl (C=O) groups is 2. The third kappa shape index (κ3) is 4.88. The summed E-state index contributed by atoms with van der Waals surface area (Å²) in [6.45, 7) is 2.30. The van der Waals surface area contributed by atoms with E-state index in [-0.39, 0.29) is 30.9 Å². The Bertz CT molecular complexity index is 1080. The minimum Gasteiger partial charge on any atom is -0.497 e. The summed E-state index contributed by atoms with van der Waals surface area (Å²) in [5, 5.41) is 10.4. The molecule has 1 atom stereocenters. The number of amides is 2. The van der Waals surface area contributed by atoms with Crippen LogP contribution in [-0.2, 0) is 16.0 Å². The topological polar surface area (TPSA) is 107 Å². The molecule has 4 rings (SSSR count). The van der Waals surface area contributed by atoms with Gasteiger partial charge in [-0.1, -0.05) is 24.2 Å². The SMILES string of the molecule is CCc1ccc(OCC(=O)Nc2nnc([C@H]3CC(=O)N(c4ccc(OC)cc4)C3)o2)cc1. The highest BCUT2D eigenvalue weighted by Crippen LogP contribution is 2.32. The molecule has 0 spiro atoms. The molecule has 9 heteroatoms. The third-order valence-corrected chi connectivity index (χ3v) is 5.25.